The number of H-pyrrole nitrogens is 1. The molecule has 0 unspecified atom stereocenters. The standard InChI is InChI=1S/C25H27N5O2/c31-23(14-18-6-2-1-3-7-18)30-12-5-9-22(30)24-27-21-10-13-29(17-20(21)25(32)28-24)16-19-8-4-11-26-15-19/h1-4,6-8,11,15,22H,5,9-10,12-14,16-17H2,(H,27,28,32)/t22-/m1/s1. The van der Waals surface area contributed by atoms with E-state index in [4.69, 9.17) is 4.98 Å². The third-order valence-corrected chi connectivity index (χ3v) is 6.38. The minimum atomic E-state index is -0.155. The number of aromatic nitrogens is 3. The molecule has 5 rings (SSSR count). The summed E-state index contributed by atoms with van der Waals surface area (Å²) in [6.07, 6.45) is 6.48. The van der Waals surface area contributed by atoms with Crippen LogP contribution in [0.3, 0.4) is 0 Å². The molecule has 1 atom stereocenters. The van der Waals surface area contributed by atoms with E-state index >= 15 is 0 Å². The summed E-state index contributed by atoms with van der Waals surface area (Å²) in [5.41, 5.74) is 3.67. The van der Waals surface area contributed by atoms with Crippen LogP contribution in [0.15, 0.2) is 59.7 Å². The molecule has 1 aromatic carbocycles. The van der Waals surface area contributed by atoms with E-state index in [0.717, 1.165) is 54.7 Å². The van der Waals surface area contributed by atoms with Crippen LogP contribution in [-0.2, 0) is 30.7 Å². The van der Waals surface area contributed by atoms with Crippen LogP contribution in [0.2, 0.25) is 0 Å². The summed E-state index contributed by atoms with van der Waals surface area (Å²) in [7, 11) is 0. The minimum Gasteiger partial charge on any atom is -0.332 e. The number of rotatable bonds is 5. The average Bonchev–Trinajstić information content (AvgIpc) is 3.31. The van der Waals surface area contributed by atoms with Crippen molar-refractivity contribution in [2.75, 3.05) is 13.1 Å². The molecule has 7 nitrogen and oxygen atoms in total. The summed E-state index contributed by atoms with van der Waals surface area (Å²) in [6.45, 7) is 2.89. The molecule has 3 aromatic rings. The van der Waals surface area contributed by atoms with Crippen molar-refractivity contribution in [2.45, 2.75) is 44.8 Å². The van der Waals surface area contributed by atoms with Crippen molar-refractivity contribution >= 4 is 5.91 Å². The molecule has 0 spiro atoms. The van der Waals surface area contributed by atoms with E-state index in [1.165, 1.54) is 0 Å². The van der Waals surface area contributed by atoms with Crippen molar-refractivity contribution in [3.05, 3.63) is 93.4 Å². The average molecular weight is 430 g/mol. The van der Waals surface area contributed by atoms with Crippen LogP contribution in [0.25, 0.3) is 0 Å². The fourth-order valence-electron chi connectivity index (χ4n) is 4.76. The van der Waals surface area contributed by atoms with E-state index in [1.54, 1.807) is 6.20 Å². The summed E-state index contributed by atoms with van der Waals surface area (Å²) in [6, 6.07) is 13.6. The zero-order valence-electron chi connectivity index (χ0n) is 18.0. The van der Waals surface area contributed by atoms with Gasteiger partial charge in [-0.25, -0.2) is 4.98 Å². The van der Waals surface area contributed by atoms with Crippen LogP contribution in [0.5, 0.6) is 0 Å². The Hall–Kier alpha value is -3.32. The maximum atomic E-state index is 13.0. The van der Waals surface area contributed by atoms with E-state index in [0.29, 0.717) is 25.3 Å². The van der Waals surface area contributed by atoms with E-state index in [2.05, 4.69) is 20.9 Å². The van der Waals surface area contributed by atoms with Gasteiger partial charge >= 0.3 is 0 Å². The molecule has 1 amide bonds. The SMILES string of the molecule is O=C(Cc1ccccc1)N1CCC[C@@H]1c1nc2c(c(=O)[nH]1)CN(Cc1cccnc1)CC2. The van der Waals surface area contributed by atoms with Crippen LogP contribution in [0.4, 0.5) is 0 Å². The molecule has 164 valence electrons. The number of benzene rings is 1. The topological polar surface area (TPSA) is 82.2 Å². The van der Waals surface area contributed by atoms with Gasteiger partial charge < -0.3 is 9.88 Å². The van der Waals surface area contributed by atoms with Crippen molar-refractivity contribution in [1.82, 2.24) is 24.8 Å². The van der Waals surface area contributed by atoms with E-state index in [-0.39, 0.29) is 17.5 Å². The second-order valence-corrected chi connectivity index (χ2v) is 8.61. The monoisotopic (exact) mass is 429 g/mol. The minimum absolute atomic E-state index is 0.0803. The number of hydrogen-bond donors (Lipinski definition) is 1. The van der Waals surface area contributed by atoms with Crippen molar-refractivity contribution in [3.8, 4) is 0 Å². The number of pyridine rings is 1. The number of fused-ring (bicyclic) bond motifs is 1. The second-order valence-electron chi connectivity index (χ2n) is 8.61. The second kappa shape index (κ2) is 9.04. The van der Waals surface area contributed by atoms with Crippen LogP contribution in [0.1, 0.15) is 47.1 Å². The zero-order chi connectivity index (χ0) is 21.9. The van der Waals surface area contributed by atoms with Crippen molar-refractivity contribution in [1.29, 1.82) is 0 Å². The van der Waals surface area contributed by atoms with Crippen molar-refractivity contribution in [2.24, 2.45) is 0 Å². The number of carbonyl (C=O) groups excluding carboxylic acids is 1. The molecule has 0 saturated carbocycles. The van der Waals surface area contributed by atoms with E-state index in [1.807, 2.05) is 47.5 Å². The third-order valence-electron chi connectivity index (χ3n) is 6.38. The summed E-state index contributed by atoms with van der Waals surface area (Å²) < 4.78 is 0. The van der Waals surface area contributed by atoms with Gasteiger partial charge in [0.05, 0.1) is 23.7 Å². The lowest BCUT2D eigenvalue weighted by Crippen LogP contribution is -2.38. The van der Waals surface area contributed by atoms with Crippen molar-refractivity contribution in [3.63, 3.8) is 0 Å². The lowest BCUT2D eigenvalue weighted by molar-refractivity contribution is -0.131. The lowest BCUT2D eigenvalue weighted by Gasteiger charge is -2.29. The van der Waals surface area contributed by atoms with Gasteiger partial charge in [-0.15, -0.1) is 0 Å². The van der Waals surface area contributed by atoms with Gasteiger partial charge in [0, 0.05) is 45.0 Å². The molecule has 7 heteroatoms. The molecule has 0 radical (unpaired) electrons. The quantitative estimate of drug-likeness (QED) is 0.674. The Morgan fingerprint density at radius 2 is 1.94 bits per heavy atom. The largest absolute Gasteiger partial charge is 0.332 e. The molecule has 1 fully saturated rings. The zero-order valence-corrected chi connectivity index (χ0v) is 18.0. The highest BCUT2D eigenvalue weighted by Gasteiger charge is 2.33. The predicted octanol–water partition coefficient (Wildman–Crippen LogP) is 2.63. The maximum absolute atomic E-state index is 13.0. The molecule has 1 N–H and O–H groups in total. The van der Waals surface area contributed by atoms with E-state index in [9.17, 15) is 9.59 Å². The van der Waals surface area contributed by atoms with Gasteiger partial charge in [-0.3, -0.25) is 19.5 Å². The summed E-state index contributed by atoms with van der Waals surface area (Å²) in [5, 5.41) is 0. The van der Waals surface area contributed by atoms with Gasteiger partial charge in [0.25, 0.3) is 5.56 Å². The van der Waals surface area contributed by atoms with Gasteiger partial charge in [0.1, 0.15) is 5.82 Å². The molecule has 2 aliphatic heterocycles. The van der Waals surface area contributed by atoms with Crippen LogP contribution in [-0.4, -0.2) is 43.7 Å². The molecular weight excluding hydrogens is 402 g/mol. The van der Waals surface area contributed by atoms with Gasteiger partial charge in [0.2, 0.25) is 5.91 Å². The summed E-state index contributed by atoms with van der Waals surface area (Å²) >= 11 is 0. The Morgan fingerprint density at radius 3 is 2.75 bits per heavy atom. The first-order valence-corrected chi connectivity index (χ1v) is 11.2. The van der Waals surface area contributed by atoms with Crippen LogP contribution in [0, 0.1) is 0 Å². The number of likely N-dealkylation sites (tertiary alicyclic amines) is 1. The number of amides is 1. The Kier molecular flexibility index (Phi) is 5.81. The third kappa shape index (κ3) is 4.34. The van der Waals surface area contributed by atoms with Crippen molar-refractivity contribution < 1.29 is 4.79 Å². The van der Waals surface area contributed by atoms with Gasteiger partial charge in [-0.05, 0) is 30.0 Å². The fraction of sp³-hybridized carbons (Fsp3) is 0.360. The Bertz CT molecular complexity index is 1150. The normalized spacial score (nSPS) is 18.5. The first kappa shape index (κ1) is 20.6. The smallest absolute Gasteiger partial charge is 0.255 e. The molecule has 1 saturated heterocycles. The van der Waals surface area contributed by atoms with Crippen LogP contribution >= 0.6 is 0 Å². The number of carbonyl (C=O) groups is 1. The number of nitrogens with zero attached hydrogens (tertiary/aromatic N) is 4. The molecular formula is C25H27N5O2. The highest BCUT2D eigenvalue weighted by Crippen LogP contribution is 2.31. The number of aromatic amines is 1. The lowest BCUT2D eigenvalue weighted by atomic mass is 10.1. The maximum Gasteiger partial charge on any atom is 0.255 e. The molecule has 0 aliphatic carbocycles. The fourth-order valence-corrected chi connectivity index (χ4v) is 4.76. The van der Waals surface area contributed by atoms with Crippen LogP contribution < -0.4 is 5.56 Å². The molecule has 0 bridgehead atoms. The Morgan fingerprint density at radius 1 is 1.09 bits per heavy atom. The number of nitrogens with one attached hydrogen (secondary N) is 1. The highest BCUT2D eigenvalue weighted by molar-refractivity contribution is 5.79. The molecule has 2 aromatic heterocycles. The molecule has 2 aliphatic rings. The predicted molar refractivity (Wildman–Crippen MR) is 121 cm³/mol. The number of hydrogen-bond acceptors (Lipinski definition) is 5. The van der Waals surface area contributed by atoms with Gasteiger partial charge in [-0.1, -0.05) is 36.4 Å². The molecule has 32 heavy (non-hydrogen) atoms. The molecule has 4 heterocycles. The first-order valence-electron chi connectivity index (χ1n) is 11.2. The van der Waals surface area contributed by atoms with Gasteiger partial charge in [0.15, 0.2) is 0 Å². The Labute approximate surface area is 187 Å². The summed E-state index contributed by atoms with van der Waals surface area (Å²) in [4.78, 5) is 42.1. The highest BCUT2D eigenvalue weighted by atomic mass is 16.2. The first-order chi connectivity index (χ1) is 15.7. The Balaban J connectivity index is 1.32. The summed E-state index contributed by atoms with van der Waals surface area (Å²) in [5.74, 6) is 0.718. The van der Waals surface area contributed by atoms with Gasteiger partial charge in [-0.2, -0.15) is 0 Å². The van der Waals surface area contributed by atoms with E-state index < -0.39 is 0 Å².